The van der Waals surface area contributed by atoms with Gasteiger partial charge in [-0.15, -0.1) is 0 Å². The first-order chi connectivity index (χ1) is 10.4. The molecule has 0 aliphatic rings. The van der Waals surface area contributed by atoms with Gasteiger partial charge in [-0.25, -0.2) is 0 Å². The van der Waals surface area contributed by atoms with Crippen LogP contribution in [-0.2, 0) is 13.1 Å². The first-order valence-corrected chi connectivity index (χ1v) is 7.03. The minimum atomic E-state index is 0.826. The summed E-state index contributed by atoms with van der Waals surface area (Å²) < 4.78 is 5.43. The van der Waals surface area contributed by atoms with Gasteiger partial charge < -0.3 is 10.1 Å². The highest BCUT2D eigenvalue weighted by molar-refractivity contribution is 5.91. The summed E-state index contributed by atoms with van der Waals surface area (Å²) in [4.78, 5) is 4.03. The number of aromatic nitrogens is 1. The summed E-state index contributed by atoms with van der Waals surface area (Å²) in [5, 5.41) is 5.87. The molecule has 0 spiro atoms. The van der Waals surface area contributed by atoms with Crippen LogP contribution in [0.5, 0.6) is 5.75 Å². The van der Waals surface area contributed by atoms with Crippen molar-refractivity contribution in [3.8, 4) is 5.75 Å². The third-order valence-corrected chi connectivity index (χ3v) is 3.59. The van der Waals surface area contributed by atoms with Crippen molar-refractivity contribution in [2.24, 2.45) is 0 Å². The third kappa shape index (κ3) is 3.03. The lowest BCUT2D eigenvalue weighted by molar-refractivity contribution is 0.419. The number of nitrogens with one attached hydrogen (secondary N) is 1. The Labute approximate surface area is 124 Å². The molecule has 0 aliphatic carbocycles. The molecule has 1 aromatic heterocycles. The molecule has 3 nitrogen and oxygen atoms in total. The Kier molecular flexibility index (Phi) is 4.12. The average Bonchev–Trinajstić information content (AvgIpc) is 2.56. The topological polar surface area (TPSA) is 34.1 Å². The van der Waals surface area contributed by atoms with Gasteiger partial charge in [-0.2, -0.15) is 0 Å². The van der Waals surface area contributed by atoms with Crippen molar-refractivity contribution in [3.05, 3.63) is 72.1 Å². The zero-order valence-corrected chi connectivity index (χ0v) is 12.0. The second kappa shape index (κ2) is 6.37. The number of hydrogen-bond donors (Lipinski definition) is 1. The average molecular weight is 278 g/mol. The van der Waals surface area contributed by atoms with Gasteiger partial charge in [-0.1, -0.05) is 30.3 Å². The van der Waals surface area contributed by atoms with Crippen LogP contribution in [0, 0.1) is 0 Å². The standard InChI is InChI=1S/C18H18N2O/c1-21-18-7-6-15(16-4-2-3-5-17(16)18)13-20-12-14-8-10-19-11-9-14/h2-11,20H,12-13H2,1H3. The van der Waals surface area contributed by atoms with Gasteiger partial charge in [0.15, 0.2) is 0 Å². The van der Waals surface area contributed by atoms with Crippen LogP contribution >= 0.6 is 0 Å². The van der Waals surface area contributed by atoms with Gasteiger partial charge >= 0.3 is 0 Å². The molecule has 0 amide bonds. The molecule has 0 unspecified atom stereocenters. The van der Waals surface area contributed by atoms with Crippen LogP contribution in [0.15, 0.2) is 60.9 Å². The van der Waals surface area contributed by atoms with Crippen LogP contribution in [-0.4, -0.2) is 12.1 Å². The maximum atomic E-state index is 5.43. The summed E-state index contributed by atoms with van der Waals surface area (Å²) in [6.07, 6.45) is 3.64. The molecule has 21 heavy (non-hydrogen) atoms. The Morgan fingerprint density at radius 3 is 2.43 bits per heavy atom. The molecule has 0 fully saturated rings. The molecule has 3 heteroatoms. The van der Waals surface area contributed by atoms with Crippen molar-refractivity contribution in [1.82, 2.24) is 10.3 Å². The van der Waals surface area contributed by atoms with Crippen LogP contribution in [0.4, 0.5) is 0 Å². The number of rotatable bonds is 5. The fourth-order valence-corrected chi connectivity index (χ4v) is 2.51. The van der Waals surface area contributed by atoms with Crippen molar-refractivity contribution < 1.29 is 4.74 Å². The zero-order valence-electron chi connectivity index (χ0n) is 12.0. The number of methoxy groups -OCH3 is 1. The van der Waals surface area contributed by atoms with E-state index in [-0.39, 0.29) is 0 Å². The molecule has 2 aromatic carbocycles. The smallest absolute Gasteiger partial charge is 0.126 e. The summed E-state index contributed by atoms with van der Waals surface area (Å²) in [5.74, 6) is 0.920. The van der Waals surface area contributed by atoms with Crippen molar-refractivity contribution in [1.29, 1.82) is 0 Å². The first-order valence-electron chi connectivity index (χ1n) is 7.03. The lowest BCUT2D eigenvalue weighted by Gasteiger charge is -2.11. The predicted molar refractivity (Wildman–Crippen MR) is 85.3 cm³/mol. The molecular formula is C18H18N2O. The van der Waals surface area contributed by atoms with E-state index in [1.807, 2.05) is 36.7 Å². The van der Waals surface area contributed by atoms with E-state index in [1.165, 1.54) is 16.5 Å². The van der Waals surface area contributed by atoms with E-state index >= 15 is 0 Å². The van der Waals surface area contributed by atoms with Crippen LogP contribution in [0.1, 0.15) is 11.1 Å². The lowest BCUT2D eigenvalue weighted by Crippen LogP contribution is -2.13. The molecule has 0 radical (unpaired) electrons. The van der Waals surface area contributed by atoms with E-state index in [0.717, 1.165) is 24.2 Å². The molecule has 0 aliphatic heterocycles. The van der Waals surface area contributed by atoms with Crippen LogP contribution in [0.2, 0.25) is 0 Å². The molecular weight excluding hydrogens is 260 g/mol. The molecule has 0 bridgehead atoms. The van der Waals surface area contributed by atoms with Gasteiger partial charge in [0.05, 0.1) is 7.11 Å². The number of hydrogen-bond acceptors (Lipinski definition) is 3. The van der Waals surface area contributed by atoms with Crippen molar-refractivity contribution in [3.63, 3.8) is 0 Å². The Bertz CT molecular complexity index is 726. The maximum absolute atomic E-state index is 5.43. The van der Waals surface area contributed by atoms with Crippen LogP contribution < -0.4 is 10.1 Å². The van der Waals surface area contributed by atoms with Crippen LogP contribution in [0.25, 0.3) is 10.8 Å². The fourth-order valence-electron chi connectivity index (χ4n) is 2.51. The number of pyridine rings is 1. The number of ether oxygens (including phenoxy) is 1. The monoisotopic (exact) mass is 278 g/mol. The van der Waals surface area contributed by atoms with Gasteiger partial charge in [0, 0.05) is 30.9 Å². The predicted octanol–water partition coefficient (Wildman–Crippen LogP) is 3.53. The summed E-state index contributed by atoms with van der Waals surface area (Å²) in [5.41, 5.74) is 2.52. The Balaban J connectivity index is 1.78. The first kappa shape index (κ1) is 13.6. The van der Waals surface area contributed by atoms with Crippen molar-refractivity contribution in [2.45, 2.75) is 13.1 Å². The number of benzene rings is 2. The molecule has 0 saturated carbocycles. The molecule has 0 saturated heterocycles. The minimum Gasteiger partial charge on any atom is -0.496 e. The van der Waals surface area contributed by atoms with Crippen molar-refractivity contribution in [2.75, 3.05) is 7.11 Å². The minimum absolute atomic E-state index is 0.826. The Morgan fingerprint density at radius 1 is 0.905 bits per heavy atom. The van der Waals surface area contributed by atoms with Crippen LogP contribution in [0.3, 0.4) is 0 Å². The second-order valence-electron chi connectivity index (χ2n) is 4.93. The largest absolute Gasteiger partial charge is 0.496 e. The summed E-state index contributed by atoms with van der Waals surface area (Å²) in [6.45, 7) is 1.66. The van der Waals surface area contributed by atoms with E-state index in [2.05, 4.69) is 34.6 Å². The normalized spacial score (nSPS) is 10.7. The highest BCUT2D eigenvalue weighted by Crippen LogP contribution is 2.28. The van der Waals surface area contributed by atoms with E-state index in [4.69, 9.17) is 4.74 Å². The molecule has 1 N–H and O–H groups in total. The van der Waals surface area contributed by atoms with E-state index in [1.54, 1.807) is 7.11 Å². The number of nitrogens with zero attached hydrogens (tertiary/aromatic N) is 1. The summed E-state index contributed by atoms with van der Waals surface area (Å²) >= 11 is 0. The third-order valence-electron chi connectivity index (χ3n) is 3.59. The molecule has 3 rings (SSSR count). The fraction of sp³-hybridized carbons (Fsp3) is 0.167. The quantitative estimate of drug-likeness (QED) is 0.775. The van der Waals surface area contributed by atoms with Gasteiger partial charge in [0.2, 0.25) is 0 Å². The van der Waals surface area contributed by atoms with Gasteiger partial charge in [-0.3, -0.25) is 4.98 Å². The number of fused-ring (bicyclic) bond motifs is 1. The van der Waals surface area contributed by atoms with Crippen molar-refractivity contribution >= 4 is 10.8 Å². The molecule has 0 atom stereocenters. The highest BCUT2D eigenvalue weighted by Gasteiger charge is 2.05. The van der Waals surface area contributed by atoms with Gasteiger partial charge in [0.1, 0.15) is 5.75 Å². The second-order valence-corrected chi connectivity index (χ2v) is 4.93. The molecule has 3 aromatic rings. The van der Waals surface area contributed by atoms with E-state index < -0.39 is 0 Å². The Morgan fingerprint density at radius 2 is 1.67 bits per heavy atom. The summed E-state index contributed by atoms with van der Waals surface area (Å²) in [6, 6.07) is 16.6. The zero-order chi connectivity index (χ0) is 14.5. The highest BCUT2D eigenvalue weighted by atomic mass is 16.5. The Hall–Kier alpha value is -2.39. The molecule has 1 heterocycles. The van der Waals surface area contributed by atoms with E-state index in [9.17, 15) is 0 Å². The van der Waals surface area contributed by atoms with E-state index in [0.29, 0.717) is 0 Å². The molecule has 106 valence electrons. The summed E-state index contributed by atoms with van der Waals surface area (Å²) in [7, 11) is 1.71. The maximum Gasteiger partial charge on any atom is 0.126 e. The SMILES string of the molecule is COc1ccc(CNCc2ccncc2)c2ccccc12. The lowest BCUT2D eigenvalue weighted by atomic mass is 10.0. The van der Waals surface area contributed by atoms with Gasteiger partial charge in [-0.05, 0) is 34.7 Å². The van der Waals surface area contributed by atoms with Gasteiger partial charge in [0.25, 0.3) is 0 Å².